The molecule has 1 aliphatic carbocycles. The lowest BCUT2D eigenvalue weighted by Gasteiger charge is -2.36. The maximum absolute atomic E-state index is 13.1. The van der Waals surface area contributed by atoms with Crippen molar-refractivity contribution < 1.29 is 9.53 Å². The van der Waals surface area contributed by atoms with E-state index in [2.05, 4.69) is 6.58 Å². The molecule has 0 aromatic heterocycles. The Morgan fingerprint density at radius 2 is 1.54 bits per heavy atom. The van der Waals surface area contributed by atoms with Gasteiger partial charge in [-0.2, -0.15) is 0 Å². The van der Waals surface area contributed by atoms with Crippen molar-refractivity contribution in [3.05, 3.63) is 48.6 Å². The maximum atomic E-state index is 13.1. The Morgan fingerprint density at radius 3 is 2.19 bits per heavy atom. The van der Waals surface area contributed by atoms with Crippen LogP contribution in [0.15, 0.2) is 43.0 Å². The second-order valence-electron chi connectivity index (χ2n) is 7.65. The molecule has 1 aromatic rings. The lowest BCUT2D eigenvalue weighted by atomic mass is 9.79. The normalized spacial score (nSPS) is 16.3. The van der Waals surface area contributed by atoms with Crippen LogP contribution < -0.4 is 0 Å². The highest BCUT2D eigenvalue weighted by Gasteiger charge is 2.40. The van der Waals surface area contributed by atoms with Crippen LogP contribution in [0.25, 0.3) is 0 Å². The van der Waals surface area contributed by atoms with Crippen LogP contribution in [0, 0.1) is 0 Å². The predicted molar refractivity (Wildman–Crippen MR) is 110 cm³/mol. The molecule has 0 unspecified atom stereocenters. The summed E-state index contributed by atoms with van der Waals surface area (Å²) in [5.74, 6) is 0.194. The minimum atomic E-state index is -0.565. The number of Topliss-reactive ketones (excluding diaryl/α,β-unsaturated/α-hetero) is 1. The number of hydrogen-bond acceptors (Lipinski definition) is 2. The third-order valence-corrected chi connectivity index (χ3v) is 5.54. The van der Waals surface area contributed by atoms with Crippen molar-refractivity contribution in [2.75, 3.05) is 6.61 Å². The number of carbonyl (C=O) groups is 1. The molecule has 144 valence electrons. The first-order valence-corrected chi connectivity index (χ1v) is 10.6. The smallest absolute Gasteiger partial charge is 0.194 e. The molecule has 0 spiro atoms. The van der Waals surface area contributed by atoms with Gasteiger partial charge in [-0.3, -0.25) is 4.79 Å². The van der Waals surface area contributed by atoms with Crippen molar-refractivity contribution in [2.45, 2.75) is 89.1 Å². The summed E-state index contributed by atoms with van der Waals surface area (Å²) >= 11 is 0. The fraction of sp³-hybridized carbons (Fsp3) is 0.625. The van der Waals surface area contributed by atoms with Gasteiger partial charge in [-0.15, -0.1) is 6.58 Å². The van der Waals surface area contributed by atoms with E-state index in [-0.39, 0.29) is 5.78 Å². The highest BCUT2D eigenvalue weighted by molar-refractivity contribution is 6.02. The van der Waals surface area contributed by atoms with Crippen molar-refractivity contribution in [3.63, 3.8) is 0 Å². The van der Waals surface area contributed by atoms with Crippen LogP contribution in [0.1, 0.15) is 93.8 Å². The second-order valence-corrected chi connectivity index (χ2v) is 7.65. The van der Waals surface area contributed by atoms with Gasteiger partial charge in [0.25, 0.3) is 0 Å². The van der Waals surface area contributed by atoms with Gasteiger partial charge in [-0.25, -0.2) is 0 Å². The van der Waals surface area contributed by atoms with Crippen LogP contribution in [0.2, 0.25) is 0 Å². The molecule has 2 rings (SSSR count). The van der Waals surface area contributed by atoms with Gasteiger partial charge < -0.3 is 4.74 Å². The van der Waals surface area contributed by atoms with E-state index in [9.17, 15) is 4.79 Å². The van der Waals surface area contributed by atoms with E-state index in [1.54, 1.807) is 0 Å². The second kappa shape index (κ2) is 12.1. The minimum Gasteiger partial charge on any atom is -0.367 e. The van der Waals surface area contributed by atoms with Gasteiger partial charge >= 0.3 is 0 Å². The number of hydrogen-bond donors (Lipinski definition) is 0. The Hall–Kier alpha value is -1.41. The first-order valence-electron chi connectivity index (χ1n) is 10.6. The van der Waals surface area contributed by atoms with Gasteiger partial charge in [0.05, 0.1) is 0 Å². The average molecular weight is 357 g/mol. The molecule has 1 aromatic carbocycles. The van der Waals surface area contributed by atoms with Crippen LogP contribution in [0.4, 0.5) is 0 Å². The predicted octanol–water partition coefficient (Wildman–Crippen LogP) is 6.90. The van der Waals surface area contributed by atoms with E-state index in [1.807, 2.05) is 36.4 Å². The average Bonchev–Trinajstić information content (AvgIpc) is 2.70. The largest absolute Gasteiger partial charge is 0.367 e. The molecule has 2 heteroatoms. The van der Waals surface area contributed by atoms with Crippen LogP contribution in [-0.4, -0.2) is 18.0 Å². The zero-order valence-electron chi connectivity index (χ0n) is 16.4. The first-order chi connectivity index (χ1) is 12.8. The fourth-order valence-corrected chi connectivity index (χ4v) is 3.95. The number of ether oxygens (including phenoxy) is 1. The quantitative estimate of drug-likeness (QED) is 0.218. The minimum absolute atomic E-state index is 0.194. The molecule has 1 fully saturated rings. The van der Waals surface area contributed by atoms with Gasteiger partial charge in [0.15, 0.2) is 5.78 Å². The van der Waals surface area contributed by atoms with E-state index in [1.165, 1.54) is 44.9 Å². The van der Waals surface area contributed by atoms with E-state index < -0.39 is 5.60 Å². The molecule has 1 saturated carbocycles. The molecule has 0 bridgehead atoms. The number of benzene rings is 1. The standard InChI is InChI=1S/C24H36O2/c1-2-3-4-5-6-7-8-9-16-21-26-24(19-14-11-15-20-24)23(25)22-17-12-10-13-18-22/h2,10,12-13,17-18H,1,3-9,11,14-16,19-21H2. The Labute approximate surface area is 160 Å². The van der Waals surface area contributed by atoms with E-state index in [4.69, 9.17) is 4.74 Å². The van der Waals surface area contributed by atoms with E-state index >= 15 is 0 Å². The molecule has 0 amide bonds. The summed E-state index contributed by atoms with van der Waals surface area (Å²) in [5, 5.41) is 0. The summed E-state index contributed by atoms with van der Waals surface area (Å²) < 4.78 is 6.29. The monoisotopic (exact) mass is 356 g/mol. The van der Waals surface area contributed by atoms with Crippen molar-refractivity contribution in [2.24, 2.45) is 0 Å². The molecule has 2 nitrogen and oxygen atoms in total. The molecule has 0 aliphatic heterocycles. The lowest BCUT2D eigenvalue weighted by molar-refractivity contribution is -0.0474. The molecule has 26 heavy (non-hydrogen) atoms. The SMILES string of the molecule is C=CCCCCCCCCCOC1(C(=O)c2ccccc2)CCCCC1. The summed E-state index contributed by atoms with van der Waals surface area (Å²) in [4.78, 5) is 13.1. The van der Waals surface area contributed by atoms with Crippen LogP contribution in [-0.2, 0) is 4.74 Å². The molecule has 0 heterocycles. The molecule has 0 N–H and O–H groups in total. The van der Waals surface area contributed by atoms with Gasteiger partial charge in [-0.1, -0.05) is 87.8 Å². The Bertz CT molecular complexity index is 514. The molecule has 1 aliphatic rings. The highest BCUT2D eigenvalue weighted by atomic mass is 16.5. The third-order valence-electron chi connectivity index (χ3n) is 5.54. The summed E-state index contributed by atoms with van der Waals surface area (Å²) in [5.41, 5.74) is 0.235. The fourth-order valence-electron chi connectivity index (χ4n) is 3.95. The molecular weight excluding hydrogens is 320 g/mol. The Morgan fingerprint density at radius 1 is 0.923 bits per heavy atom. The molecular formula is C24H36O2. The van der Waals surface area contributed by atoms with Gasteiger partial charge in [0.1, 0.15) is 5.60 Å². The summed E-state index contributed by atoms with van der Waals surface area (Å²) in [6, 6.07) is 9.70. The molecule has 0 atom stereocenters. The van der Waals surface area contributed by atoms with E-state index in [0.717, 1.165) is 50.7 Å². The number of allylic oxidation sites excluding steroid dienone is 1. The topological polar surface area (TPSA) is 26.3 Å². The lowest BCUT2D eigenvalue weighted by Crippen LogP contribution is -2.43. The van der Waals surface area contributed by atoms with Crippen LogP contribution in [0.3, 0.4) is 0 Å². The van der Waals surface area contributed by atoms with Gasteiger partial charge in [0, 0.05) is 12.2 Å². The van der Waals surface area contributed by atoms with Crippen LogP contribution in [0.5, 0.6) is 0 Å². The van der Waals surface area contributed by atoms with Crippen LogP contribution >= 0.6 is 0 Å². The highest BCUT2D eigenvalue weighted by Crippen LogP contribution is 2.35. The molecule has 0 saturated heterocycles. The van der Waals surface area contributed by atoms with Crippen molar-refractivity contribution in [1.82, 2.24) is 0 Å². The third kappa shape index (κ3) is 6.72. The first kappa shape index (κ1) is 20.9. The number of rotatable bonds is 13. The van der Waals surface area contributed by atoms with E-state index in [0.29, 0.717) is 0 Å². The maximum Gasteiger partial charge on any atom is 0.194 e. The van der Waals surface area contributed by atoms with Crippen molar-refractivity contribution in [3.8, 4) is 0 Å². The number of ketones is 1. The summed E-state index contributed by atoms with van der Waals surface area (Å²) in [6.07, 6.45) is 17.1. The van der Waals surface area contributed by atoms with Gasteiger partial charge in [-0.05, 0) is 32.1 Å². The summed E-state index contributed by atoms with van der Waals surface area (Å²) in [6.45, 7) is 4.48. The number of unbranched alkanes of at least 4 members (excludes halogenated alkanes) is 7. The number of carbonyl (C=O) groups excluding carboxylic acids is 1. The molecule has 0 radical (unpaired) electrons. The van der Waals surface area contributed by atoms with Crippen molar-refractivity contribution >= 4 is 5.78 Å². The Kier molecular flexibility index (Phi) is 9.70. The zero-order chi connectivity index (χ0) is 18.5. The zero-order valence-corrected chi connectivity index (χ0v) is 16.4. The summed E-state index contributed by atoms with van der Waals surface area (Å²) in [7, 11) is 0. The van der Waals surface area contributed by atoms with Gasteiger partial charge in [0.2, 0.25) is 0 Å². The van der Waals surface area contributed by atoms with Crippen molar-refractivity contribution in [1.29, 1.82) is 0 Å². The Balaban J connectivity index is 1.71.